The molecule has 0 saturated carbocycles. The Kier molecular flexibility index (Phi) is 5.27. The summed E-state index contributed by atoms with van der Waals surface area (Å²) in [6.07, 6.45) is 5.58. The van der Waals surface area contributed by atoms with Crippen LogP contribution in [-0.2, 0) is 11.7 Å². The van der Waals surface area contributed by atoms with Crippen LogP contribution < -0.4 is 0 Å². The second-order valence-corrected chi connectivity index (χ2v) is 10.3. The summed E-state index contributed by atoms with van der Waals surface area (Å²) in [7, 11) is 0. The van der Waals surface area contributed by atoms with E-state index < -0.39 is 23.2 Å². The van der Waals surface area contributed by atoms with Gasteiger partial charge in [0, 0.05) is 47.0 Å². The normalized spacial score (nSPS) is 14.1. The molecular formula is C33H18F4N6. The fourth-order valence-corrected chi connectivity index (χ4v) is 6.17. The highest BCUT2D eigenvalue weighted by Gasteiger charge is 2.52. The number of hydrogen-bond acceptors (Lipinski definition) is 5. The van der Waals surface area contributed by atoms with Gasteiger partial charge in [0.05, 0.1) is 5.69 Å². The number of halogens is 4. The van der Waals surface area contributed by atoms with Crippen LogP contribution >= 0.6 is 0 Å². The van der Waals surface area contributed by atoms with Crippen LogP contribution in [0.15, 0.2) is 97.6 Å². The summed E-state index contributed by atoms with van der Waals surface area (Å²) in [4.78, 5) is 17.6. The molecule has 3 aromatic carbocycles. The lowest BCUT2D eigenvalue weighted by atomic mass is 9.74. The SMILES string of the molecule is Fc1ccc2c(c1)C1(c3cc(-c4ncccn4)ccc3C=Cc3ccc(-c4ncccn4)cc31)n1nc(C(F)(F)F)cc1-2. The molecule has 3 aromatic heterocycles. The van der Waals surface area contributed by atoms with Crippen LogP contribution in [0.5, 0.6) is 0 Å². The monoisotopic (exact) mass is 574 g/mol. The van der Waals surface area contributed by atoms with Crippen molar-refractivity contribution >= 4 is 12.2 Å². The van der Waals surface area contributed by atoms with Crippen molar-refractivity contribution in [2.45, 2.75) is 11.7 Å². The number of rotatable bonds is 2. The quantitative estimate of drug-likeness (QED) is 0.203. The van der Waals surface area contributed by atoms with E-state index in [-0.39, 0.29) is 5.69 Å². The van der Waals surface area contributed by atoms with Gasteiger partial charge in [0.2, 0.25) is 0 Å². The molecule has 208 valence electrons. The Morgan fingerprint density at radius 3 is 1.72 bits per heavy atom. The summed E-state index contributed by atoms with van der Waals surface area (Å²) < 4.78 is 59.2. The van der Waals surface area contributed by atoms with Crippen LogP contribution in [0.1, 0.15) is 33.5 Å². The van der Waals surface area contributed by atoms with Gasteiger partial charge < -0.3 is 0 Å². The van der Waals surface area contributed by atoms with Crippen LogP contribution in [0, 0.1) is 5.82 Å². The van der Waals surface area contributed by atoms with Gasteiger partial charge in [-0.25, -0.2) is 29.0 Å². The van der Waals surface area contributed by atoms with Crippen molar-refractivity contribution in [2.24, 2.45) is 0 Å². The fourth-order valence-electron chi connectivity index (χ4n) is 6.17. The summed E-state index contributed by atoms with van der Waals surface area (Å²) in [6, 6.07) is 19.7. The molecule has 0 bridgehead atoms. The van der Waals surface area contributed by atoms with Crippen LogP contribution in [0.4, 0.5) is 17.6 Å². The molecule has 1 aliphatic carbocycles. The predicted octanol–water partition coefficient (Wildman–Crippen LogP) is 7.26. The van der Waals surface area contributed by atoms with Gasteiger partial charge in [-0.05, 0) is 70.8 Å². The Balaban J connectivity index is 1.54. The standard InChI is InChI=1S/C33H18F4N6/c34-23-9-10-24-27(17-23)32(43-28(24)18-29(42-43)33(35,36)37)25-15-21(30-38-11-1-12-39-30)7-5-19(25)3-4-20-6-8-22(16-26(20)32)31-40-13-2-14-41-31/h1-18H. The van der Waals surface area contributed by atoms with Crippen molar-refractivity contribution in [3.05, 3.63) is 137 Å². The molecule has 0 amide bonds. The van der Waals surface area contributed by atoms with Crippen LogP contribution in [0.25, 0.3) is 46.2 Å². The highest BCUT2D eigenvalue weighted by Crippen LogP contribution is 2.55. The summed E-state index contributed by atoms with van der Waals surface area (Å²) in [6.45, 7) is 0. The van der Waals surface area contributed by atoms with Gasteiger partial charge in [-0.15, -0.1) is 0 Å². The van der Waals surface area contributed by atoms with Gasteiger partial charge in [0.15, 0.2) is 17.3 Å². The van der Waals surface area contributed by atoms with Crippen LogP contribution in [-0.4, -0.2) is 29.7 Å². The number of hydrogen-bond donors (Lipinski definition) is 0. The van der Waals surface area contributed by atoms with E-state index in [0.29, 0.717) is 45.0 Å². The highest BCUT2D eigenvalue weighted by atomic mass is 19.4. The zero-order chi connectivity index (χ0) is 29.3. The maximum atomic E-state index is 15.2. The van der Waals surface area contributed by atoms with Gasteiger partial charge >= 0.3 is 6.18 Å². The minimum absolute atomic E-state index is 0.226. The first-order chi connectivity index (χ1) is 20.8. The van der Waals surface area contributed by atoms with E-state index in [2.05, 4.69) is 25.0 Å². The average Bonchev–Trinajstić information content (AvgIpc) is 3.54. The molecule has 4 heterocycles. The van der Waals surface area contributed by atoms with Crippen LogP contribution in [0.3, 0.4) is 0 Å². The summed E-state index contributed by atoms with van der Waals surface area (Å²) in [5.74, 6) is 0.356. The third-order valence-electron chi connectivity index (χ3n) is 7.94. The number of aromatic nitrogens is 6. The topological polar surface area (TPSA) is 69.4 Å². The third-order valence-corrected chi connectivity index (χ3v) is 7.94. The zero-order valence-electron chi connectivity index (χ0n) is 22.1. The van der Waals surface area contributed by atoms with E-state index in [1.807, 2.05) is 48.6 Å². The molecule has 2 aliphatic rings. The lowest BCUT2D eigenvalue weighted by molar-refractivity contribution is -0.141. The number of alkyl halides is 3. The molecule has 1 spiro atoms. The smallest absolute Gasteiger partial charge is 0.245 e. The molecule has 8 rings (SSSR count). The molecule has 1 aliphatic heterocycles. The predicted molar refractivity (Wildman–Crippen MR) is 152 cm³/mol. The molecule has 0 N–H and O–H groups in total. The zero-order valence-corrected chi connectivity index (χ0v) is 22.1. The van der Waals surface area contributed by atoms with E-state index in [4.69, 9.17) is 0 Å². The fraction of sp³-hybridized carbons (Fsp3) is 0.0606. The largest absolute Gasteiger partial charge is 0.435 e. The Bertz CT molecular complexity index is 1990. The number of benzene rings is 3. The van der Waals surface area contributed by atoms with Crippen LogP contribution in [0.2, 0.25) is 0 Å². The Morgan fingerprint density at radius 2 is 1.19 bits per heavy atom. The van der Waals surface area contributed by atoms with E-state index in [9.17, 15) is 13.2 Å². The maximum Gasteiger partial charge on any atom is 0.435 e. The first kappa shape index (κ1) is 25.2. The molecule has 0 atom stereocenters. The molecule has 6 nitrogen and oxygen atoms in total. The molecule has 0 unspecified atom stereocenters. The summed E-state index contributed by atoms with van der Waals surface area (Å²) in [5, 5.41) is 4.21. The molecule has 10 heteroatoms. The highest BCUT2D eigenvalue weighted by molar-refractivity contribution is 5.86. The minimum atomic E-state index is -4.70. The van der Waals surface area contributed by atoms with Gasteiger partial charge in [-0.3, -0.25) is 0 Å². The molecule has 0 fully saturated rings. The van der Waals surface area contributed by atoms with Gasteiger partial charge in [0.25, 0.3) is 0 Å². The molecule has 6 aromatic rings. The van der Waals surface area contributed by atoms with E-state index in [1.54, 1.807) is 36.9 Å². The third kappa shape index (κ3) is 3.69. The molecule has 0 saturated heterocycles. The molecular weight excluding hydrogens is 556 g/mol. The first-order valence-corrected chi connectivity index (χ1v) is 13.3. The van der Waals surface area contributed by atoms with E-state index >= 15 is 4.39 Å². The molecule has 0 radical (unpaired) electrons. The first-order valence-electron chi connectivity index (χ1n) is 13.3. The number of nitrogens with zero attached hydrogens (tertiary/aromatic N) is 6. The van der Waals surface area contributed by atoms with Gasteiger partial charge in [0.1, 0.15) is 11.4 Å². The Morgan fingerprint density at radius 1 is 0.628 bits per heavy atom. The van der Waals surface area contributed by atoms with Crippen molar-refractivity contribution in [3.63, 3.8) is 0 Å². The molecule has 43 heavy (non-hydrogen) atoms. The van der Waals surface area contributed by atoms with E-state index in [0.717, 1.165) is 17.2 Å². The second-order valence-electron chi connectivity index (χ2n) is 10.3. The van der Waals surface area contributed by atoms with Crippen molar-refractivity contribution in [3.8, 4) is 34.0 Å². The lowest BCUT2D eigenvalue weighted by Crippen LogP contribution is -2.37. The summed E-state index contributed by atoms with van der Waals surface area (Å²) in [5.41, 5.74) is 2.53. The average molecular weight is 575 g/mol. The Labute approximate surface area is 242 Å². The summed E-state index contributed by atoms with van der Waals surface area (Å²) >= 11 is 0. The van der Waals surface area contributed by atoms with E-state index in [1.165, 1.54) is 22.9 Å². The number of fused-ring (bicyclic) bond motifs is 9. The minimum Gasteiger partial charge on any atom is -0.245 e. The van der Waals surface area contributed by atoms with Crippen molar-refractivity contribution in [2.75, 3.05) is 0 Å². The van der Waals surface area contributed by atoms with Gasteiger partial charge in [-0.2, -0.15) is 18.3 Å². The maximum absolute atomic E-state index is 15.2. The van der Waals surface area contributed by atoms with Crippen molar-refractivity contribution < 1.29 is 17.6 Å². The van der Waals surface area contributed by atoms with Crippen molar-refractivity contribution in [1.82, 2.24) is 29.7 Å². The lowest BCUT2D eigenvalue weighted by Gasteiger charge is -2.35. The second kappa shape index (κ2) is 8.99. The Hall–Kier alpha value is -5.51. The van der Waals surface area contributed by atoms with Gasteiger partial charge in [-0.1, -0.05) is 36.4 Å². The van der Waals surface area contributed by atoms with Crippen molar-refractivity contribution in [1.29, 1.82) is 0 Å².